The molecule has 1 aliphatic carbocycles. The average Bonchev–Trinajstić information content (AvgIpc) is 3.13. The topological polar surface area (TPSA) is 66.8 Å². The predicted octanol–water partition coefficient (Wildman–Crippen LogP) is 3.29. The van der Waals surface area contributed by atoms with Gasteiger partial charge in [0.25, 0.3) is 0 Å². The Hall–Kier alpha value is -2.04. The number of carbonyl (C=O) groups excluding carboxylic acids is 1. The molecule has 1 aromatic carbocycles. The van der Waals surface area contributed by atoms with E-state index in [0.29, 0.717) is 19.7 Å². The van der Waals surface area contributed by atoms with Crippen molar-refractivity contribution in [2.45, 2.75) is 38.7 Å². The summed E-state index contributed by atoms with van der Waals surface area (Å²) in [6.45, 7) is 1.72. The summed E-state index contributed by atoms with van der Waals surface area (Å²) < 4.78 is 5.40. The van der Waals surface area contributed by atoms with Crippen molar-refractivity contribution in [1.29, 1.82) is 0 Å². The molecule has 1 heterocycles. The van der Waals surface area contributed by atoms with Crippen LogP contribution in [0.15, 0.2) is 30.3 Å². The molecule has 0 aromatic heterocycles. The molecule has 2 unspecified atom stereocenters. The summed E-state index contributed by atoms with van der Waals surface area (Å²) in [5.41, 5.74) is 1.10. The minimum Gasteiger partial charge on any atom is -0.481 e. The minimum absolute atomic E-state index is 0.117. The summed E-state index contributed by atoms with van der Waals surface area (Å²) in [5, 5.41) is 8.94. The van der Waals surface area contributed by atoms with E-state index in [1.807, 2.05) is 30.3 Å². The van der Waals surface area contributed by atoms with Crippen LogP contribution in [0.4, 0.5) is 4.79 Å². The number of ether oxygens (including phenoxy) is 1. The number of amides is 1. The molecule has 2 atom stereocenters. The van der Waals surface area contributed by atoms with E-state index in [-0.39, 0.29) is 23.8 Å². The van der Waals surface area contributed by atoms with Gasteiger partial charge in [-0.05, 0) is 42.6 Å². The van der Waals surface area contributed by atoms with E-state index in [2.05, 4.69) is 0 Å². The molecule has 1 N–H and O–H groups in total. The van der Waals surface area contributed by atoms with Gasteiger partial charge in [-0.25, -0.2) is 4.79 Å². The van der Waals surface area contributed by atoms with Crippen molar-refractivity contribution in [3.05, 3.63) is 35.9 Å². The number of hydrogen-bond donors (Lipinski definition) is 1. The van der Waals surface area contributed by atoms with E-state index in [9.17, 15) is 9.59 Å². The average molecular weight is 317 g/mol. The Morgan fingerprint density at radius 2 is 2.04 bits per heavy atom. The number of benzene rings is 1. The first kappa shape index (κ1) is 15.8. The van der Waals surface area contributed by atoms with E-state index >= 15 is 0 Å². The van der Waals surface area contributed by atoms with Gasteiger partial charge < -0.3 is 14.7 Å². The first-order valence-corrected chi connectivity index (χ1v) is 8.24. The van der Waals surface area contributed by atoms with E-state index in [1.54, 1.807) is 4.90 Å². The molecule has 0 radical (unpaired) electrons. The van der Waals surface area contributed by atoms with Crippen LogP contribution in [0, 0.1) is 11.3 Å². The summed E-state index contributed by atoms with van der Waals surface area (Å²) in [6, 6.07) is 9.66. The number of likely N-dealkylation sites (tertiary alicyclic amines) is 1. The van der Waals surface area contributed by atoms with E-state index in [0.717, 1.165) is 31.2 Å². The van der Waals surface area contributed by atoms with Gasteiger partial charge >= 0.3 is 12.1 Å². The number of carboxylic acid groups (broad SMARTS) is 1. The lowest BCUT2D eigenvalue weighted by molar-refractivity contribution is -0.138. The summed E-state index contributed by atoms with van der Waals surface area (Å²) in [6.07, 6.45) is 3.85. The normalized spacial score (nSPS) is 26.6. The zero-order chi connectivity index (χ0) is 16.3. The van der Waals surface area contributed by atoms with Crippen LogP contribution in [-0.4, -0.2) is 35.2 Å². The van der Waals surface area contributed by atoms with Crippen molar-refractivity contribution < 1.29 is 19.4 Å². The smallest absolute Gasteiger partial charge is 0.410 e. The Morgan fingerprint density at radius 1 is 1.26 bits per heavy atom. The van der Waals surface area contributed by atoms with Gasteiger partial charge in [-0.2, -0.15) is 0 Å². The summed E-state index contributed by atoms with van der Waals surface area (Å²) in [4.78, 5) is 24.9. The summed E-state index contributed by atoms with van der Waals surface area (Å²) >= 11 is 0. The third-order valence-electron chi connectivity index (χ3n) is 5.17. The molecule has 23 heavy (non-hydrogen) atoms. The second-order valence-electron chi connectivity index (χ2n) is 6.92. The Bertz CT molecular complexity index is 574. The highest BCUT2D eigenvalue weighted by Crippen LogP contribution is 2.49. The fourth-order valence-electron chi connectivity index (χ4n) is 4.02. The molecule has 2 aliphatic rings. The van der Waals surface area contributed by atoms with Gasteiger partial charge in [0.15, 0.2) is 0 Å². The maximum atomic E-state index is 12.2. The number of rotatable bonds is 4. The number of aliphatic carboxylic acids is 1. The number of hydrogen-bond acceptors (Lipinski definition) is 3. The molecular weight excluding hydrogens is 294 g/mol. The second kappa shape index (κ2) is 6.60. The fourth-order valence-corrected chi connectivity index (χ4v) is 4.02. The van der Waals surface area contributed by atoms with Crippen molar-refractivity contribution in [3.63, 3.8) is 0 Å². The van der Waals surface area contributed by atoms with Crippen LogP contribution < -0.4 is 0 Å². The van der Waals surface area contributed by atoms with Crippen LogP contribution in [0.1, 0.15) is 37.7 Å². The molecule has 1 saturated carbocycles. The van der Waals surface area contributed by atoms with Gasteiger partial charge in [-0.3, -0.25) is 4.79 Å². The molecule has 124 valence electrons. The van der Waals surface area contributed by atoms with Gasteiger partial charge in [-0.15, -0.1) is 0 Å². The highest BCUT2D eigenvalue weighted by Gasteiger charge is 2.45. The highest BCUT2D eigenvalue weighted by atomic mass is 16.6. The van der Waals surface area contributed by atoms with Crippen LogP contribution in [0.25, 0.3) is 0 Å². The molecule has 1 amide bonds. The molecule has 0 bridgehead atoms. The minimum atomic E-state index is -0.718. The predicted molar refractivity (Wildman–Crippen MR) is 84.8 cm³/mol. The molecule has 3 rings (SSSR count). The fraction of sp³-hybridized carbons (Fsp3) is 0.556. The molecule has 5 heteroatoms. The standard InChI is InChI=1S/C18H23NO4/c20-16(21)10-15-6-7-18(11-15)8-9-19(13-18)17(22)23-12-14-4-2-1-3-5-14/h1-5,15H,6-13H2,(H,20,21). The Kier molecular flexibility index (Phi) is 4.55. The molecule has 1 spiro atoms. The maximum Gasteiger partial charge on any atom is 0.410 e. The van der Waals surface area contributed by atoms with Crippen molar-refractivity contribution in [1.82, 2.24) is 4.90 Å². The van der Waals surface area contributed by atoms with E-state index < -0.39 is 5.97 Å². The molecular formula is C18H23NO4. The zero-order valence-corrected chi connectivity index (χ0v) is 13.2. The second-order valence-corrected chi connectivity index (χ2v) is 6.92. The SMILES string of the molecule is O=C(O)CC1CCC2(CCN(C(=O)OCc3ccccc3)C2)C1. The van der Waals surface area contributed by atoms with Crippen LogP contribution in [0.3, 0.4) is 0 Å². The lowest BCUT2D eigenvalue weighted by Crippen LogP contribution is -2.31. The van der Waals surface area contributed by atoms with Crippen molar-refractivity contribution in [2.24, 2.45) is 11.3 Å². The lowest BCUT2D eigenvalue weighted by atomic mass is 9.84. The van der Waals surface area contributed by atoms with Crippen molar-refractivity contribution >= 4 is 12.1 Å². The Labute approximate surface area is 136 Å². The van der Waals surface area contributed by atoms with Gasteiger partial charge in [-0.1, -0.05) is 30.3 Å². The molecule has 1 aromatic rings. The molecule has 2 fully saturated rings. The van der Waals surface area contributed by atoms with Crippen molar-refractivity contribution in [2.75, 3.05) is 13.1 Å². The largest absolute Gasteiger partial charge is 0.481 e. The monoisotopic (exact) mass is 317 g/mol. The van der Waals surface area contributed by atoms with Crippen LogP contribution in [0.5, 0.6) is 0 Å². The number of carbonyl (C=O) groups is 2. The third kappa shape index (κ3) is 3.84. The van der Waals surface area contributed by atoms with Crippen LogP contribution >= 0.6 is 0 Å². The molecule has 5 nitrogen and oxygen atoms in total. The lowest BCUT2D eigenvalue weighted by Gasteiger charge is -2.24. The third-order valence-corrected chi connectivity index (χ3v) is 5.17. The highest BCUT2D eigenvalue weighted by molar-refractivity contribution is 5.68. The van der Waals surface area contributed by atoms with Crippen LogP contribution in [-0.2, 0) is 16.1 Å². The number of carboxylic acids is 1. The summed E-state index contributed by atoms with van der Waals surface area (Å²) in [5.74, 6) is -0.461. The first-order valence-electron chi connectivity index (χ1n) is 8.24. The summed E-state index contributed by atoms with van der Waals surface area (Å²) in [7, 11) is 0. The molecule has 1 saturated heterocycles. The van der Waals surface area contributed by atoms with Crippen molar-refractivity contribution in [3.8, 4) is 0 Å². The quantitative estimate of drug-likeness (QED) is 0.925. The Balaban J connectivity index is 1.49. The van der Waals surface area contributed by atoms with Gasteiger partial charge in [0, 0.05) is 19.5 Å². The van der Waals surface area contributed by atoms with Gasteiger partial charge in [0.2, 0.25) is 0 Å². The molecule has 1 aliphatic heterocycles. The van der Waals surface area contributed by atoms with Gasteiger partial charge in [0.1, 0.15) is 6.61 Å². The first-order chi connectivity index (χ1) is 11.1. The van der Waals surface area contributed by atoms with E-state index in [4.69, 9.17) is 9.84 Å². The van der Waals surface area contributed by atoms with Crippen LogP contribution in [0.2, 0.25) is 0 Å². The van der Waals surface area contributed by atoms with E-state index in [1.165, 1.54) is 0 Å². The zero-order valence-electron chi connectivity index (χ0n) is 13.2. The maximum absolute atomic E-state index is 12.2. The Morgan fingerprint density at radius 3 is 2.78 bits per heavy atom. The van der Waals surface area contributed by atoms with Gasteiger partial charge in [0.05, 0.1) is 0 Å². The number of nitrogens with zero attached hydrogens (tertiary/aromatic N) is 1.